The quantitative estimate of drug-likeness (QED) is 0.248. The third-order valence-electron chi connectivity index (χ3n) is 6.13. The van der Waals surface area contributed by atoms with Crippen molar-refractivity contribution < 1.29 is 13.2 Å². The first-order chi connectivity index (χ1) is 16.4. The minimum atomic E-state index is -3.54. The zero-order valence-corrected chi connectivity index (χ0v) is 22.1. The van der Waals surface area contributed by atoms with Gasteiger partial charge in [-0.15, -0.1) is 0 Å². The summed E-state index contributed by atoms with van der Waals surface area (Å²) in [5.41, 5.74) is 2.68. The second-order valence-corrected chi connectivity index (χ2v) is 12.0. The molecule has 6 nitrogen and oxygen atoms in total. The summed E-state index contributed by atoms with van der Waals surface area (Å²) in [4.78, 5) is 5.17. The van der Waals surface area contributed by atoms with E-state index in [4.69, 9.17) is 21.3 Å². The van der Waals surface area contributed by atoms with Crippen LogP contribution in [-0.2, 0) is 27.1 Å². The molecule has 0 bridgehead atoms. The molecular formula is C25H32ClN3O3S2. The van der Waals surface area contributed by atoms with Crippen molar-refractivity contribution in [3.63, 3.8) is 0 Å². The zero-order valence-electron chi connectivity index (χ0n) is 19.7. The van der Waals surface area contributed by atoms with Crippen molar-refractivity contribution >= 4 is 44.4 Å². The second-order valence-electron chi connectivity index (χ2n) is 8.74. The van der Waals surface area contributed by atoms with Crippen LogP contribution in [0.15, 0.2) is 52.5 Å². The SMILES string of the molecule is CCOCCCn1c(SCc2ccccc2Cl)nc2cc(S(=O)(=O)N3CCC[C@H](C)C3)ccc21. The number of aromatic nitrogens is 2. The van der Waals surface area contributed by atoms with Crippen LogP contribution in [0.25, 0.3) is 11.0 Å². The van der Waals surface area contributed by atoms with Crippen molar-refractivity contribution in [1.82, 2.24) is 13.9 Å². The normalized spacial score (nSPS) is 17.4. The predicted octanol–water partition coefficient (Wildman–Crippen LogP) is 5.83. The number of benzene rings is 2. The van der Waals surface area contributed by atoms with Gasteiger partial charge in [-0.25, -0.2) is 13.4 Å². The molecule has 0 N–H and O–H groups in total. The van der Waals surface area contributed by atoms with E-state index in [2.05, 4.69) is 11.5 Å². The van der Waals surface area contributed by atoms with Gasteiger partial charge in [0.1, 0.15) is 0 Å². The number of hydrogen-bond donors (Lipinski definition) is 0. The summed E-state index contributed by atoms with van der Waals surface area (Å²) >= 11 is 7.97. The van der Waals surface area contributed by atoms with Crippen molar-refractivity contribution in [3.05, 3.63) is 53.1 Å². The maximum absolute atomic E-state index is 13.3. The molecule has 1 aliphatic heterocycles. The van der Waals surface area contributed by atoms with E-state index in [1.807, 2.05) is 37.3 Å². The Morgan fingerprint density at radius 3 is 2.82 bits per heavy atom. The van der Waals surface area contributed by atoms with E-state index in [1.165, 1.54) is 0 Å². The van der Waals surface area contributed by atoms with Gasteiger partial charge in [-0.2, -0.15) is 4.31 Å². The Labute approximate surface area is 211 Å². The molecule has 184 valence electrons. The Hall–Kier alpha value is -1.58. The molecule has 0 aliphatic carbocycles. The maximum atomic E-state index is 13.3. The van der Waals surface area contributed by atoms with E-state index in [9.17, 15) is 8.42 Å². The van der Waals surface area contributed by atoms with Gasteiger partial charge in [0.25, 0.3) is 0 Å². The highest BCUT2D eigenvalue weighted by molar-refractivity contribution is 7.98. The molecule has 0 amide bonds. The van der Waals surface area contributed by atoms with Crippen LogP contribution in [0.5, 0.6) is 0 Å². The van der Waals surface area contributed by atoms with Gasteiger partial charge in [-0.3, -0.25) is 0 Å². The fraction of sp³-hybridized carbons (Fsp3) is 0.480. The first-order valence-electron chi connectivity index (χ1n) is 11.8. The number of nitrogens with zero attached hydrogens (tertiary/aromatic N) is 3. The van der Waals surface area contributed by atoms with E-state index >= 15 is 0 Å². The average Bonchev–Trinajstić information content (AvgIpc) is 3.18. The highest BCUT2D eigenvalue weighted by Crippen LogP contribution is 2.31. The molecule has 34 heavy (non-hydrogen) atoms. The smallest absolute Gasteiger partial charge is 0.243 e. The van der Waals surface area contributed by atoms with Gasteiger partial charge < -0.3 is 9.30 Å². The summed E-state index contributed by atoms with van der Waals surface area (Å²) in [6.45, 7) is 7.36. The molecule has 4 rings (SSSR count). The van der Waals surface area contributed by atoms with Crippen LogP contribution in [-0.4, -0.2) is 48.6 Å². The van der Waals surface area contributed by atoms with Gasteiger partial charge in [-0.05, 0) is 61.9 Å². The number of hydrogen-bond acceptors (Lipinski definition) is 5. The average molecular weight is 522 g/mol. The predicted molar refractivity (Wildman–Crippen MR) is 139 cm³/mol. The molecule has 2 aromatic carbocycles. The number of imidazole rings is 1. The van der Waals surface area contributed by atoms with Crippen LogP contribution < -0.4 is 0 Å². The molecule has 9 heteroatoms. The number of ether oxygens (including phenoxy) is 1. The fourth-order valence-electron chi connectivity index (χ4n) is 4.31. The molecule has 2 heterocycles. The summed E-state index contributed by atoms with van der Waals surface area (Å²) in [5.74, 6) is 1.07. The van der Waals surface area contributed by atoms with Crippen LogP contribution in [0.2, 0.25) is 5.02 Å². The summed E-state index contributed by atoms with van der Waals surface area (Å²) in [6.07, 6.45) is 2.83. The Balaban J connectivity index is 1.64. The van der Waals surface area contributed by atoms with Crippen molar-refractivity contribution in [2.24, 2.45) is 5.92 Å². The van der Waals surface area contributed by atoms with Crippen LogP contribution in [0.3, 0.4) is 0 Å². The number of sulfonamides is 1. The molecule has 0 radical (unpaired) electrons. The van der Waals surface area contributed by atoms with E-state index in [0.29, 0.717) is 48.4 Å². The number of fused-ring (bicyclic) bond motifs is 1. The Morgan fingerprint density at radius 2 is 2.06 bits per heavy atom. The molecule has 1 aliphatic rings. The van der Waals surface area contributed by atoms with Crippen molar-refractivity contribution in [2.75, 3.05) is 26.3 Å². The zero-order chi connectivity index (χ0) is 24.1. The standard InChI is InChI=1S/C25H32ClN3O3S2/c1-3-32-15-7-14-29-24-12-11-21(34(30,31)28-13-6-8-19(2)17-28)16-23(24)27-25(29)33-18-20-9-4-5-10-22(20)26/h4-5,9-12,16,19H,3,6-8,13-15,17-18H2,1-2H3/t19-/m0/s1. The van der Waals surface area contributed by atoms with E-state index in [0.717, 1.165) is 47.1 Å². The monoisotopic (exact) mass is 521 g/mol. The van der Waals surface area contributed by atoms with Gasteiger partial charge >= 0.3 is 0 Å². The van der Waals surface area contributed by atoms with Gasteiger partial charge in [-0.1, -0.05) is 48.5 Å². The minimum Gasteiger partial charge on any atom is -0.382 e. The molecule has 1 saturated heterocycles. The summed E-state index contributed by atoms with van der Waals surface area (Å²) in [6, 6.07) is 13.1. The lowest BCUT2D eigenvalue weighted by Crippen LogP contribution is -2.39. The van der Waals surface area contributed by atoms with E-state index < -0.39 is 10.0 Å². The highest BCUT2D eigenvalue weighted by atomic mass is 35.5. The van der Waals surface area contributed by atoms with Crippen LogP contribution in [0, 0.1) is 5.92 Å². The first-order valence-corrected chi connectivity index (χ1v) is 14.6. The van der Waals surface area contributed by atoms with Crippen molar-refractivity contribution in [3.8, 4) is 0 Å². The molecule has 3 aromatic rings. The van der Waals surface area contributed by atoms with Crippen LogP contribution in [0.1, 0.15) is 38.7 Å². The number of halogens is 1. The maximum Gasteiger partial charge on any atom is 0.243 e. The molecular weight excluding hydrogens is 490 g/mol. The first kappa shape index (κ1) is 25.5. The van der Waals surface area contributed by atoms with Crippen LogP contribution >= 0.6 is 23.4 Å². The van der Waals surface area contributed by atoms with Gasteiger partial charge in [0.05, 0.1) is 15.9 Å². The Kier molecular flexibility index (Phi) is 8.58. The number of thioether (sulfide) groups is 1. The van der Waals surface area contributed by atoms with Crippen molar-refractivity contribution in [2.45, 2.75) is 55.5 Å². The third-order valence-corrected chi connectivity index (χ3v) is 9.39. The fourth-order valence-corrected chi connectivity index (χ4v) is 7.26. The molecule has 1 atom stereocenters. The molecule has 1 aromatic heterocycles. The minimum absolute atomic E-state index is 0.315. The number of rotatable bonds is 10. The van der Waals surface area contributed by atoms with Crippen LogP contribution in [0.4, 0.5) is 0 Å². The summed E-state index contributed by atoms with van der Waals surface area (Å²) < 4.78 is 35.9. The number of aryl methyl sites for hydroxylation is 1. The molecule has 0 unspecified atom stereocenters. The summed E-state index contributed by atoms with van der Waals surface area (Å²) in [7, 11) is -3.54. The lowest BCUT2D eigenvalue weighted by molar-refractivity contribution is 0.141. The Morgan fingerprint density at radius 1 is 1.24 bits per heavy atom. The highest BCUT2D eigenvalue weighted by Gasteiger charge is 2.29. The number of piperidine rings is 1. The van der Waals surface area contributed by atoms with E-state index in [-0.39, 0.29) is 0 Å². The Bertz CT molecular complexity index is 1230. The lowest BCUT2D eigenvalue weighted by Gasteiger charge is -2.30. The van der Waals surface area contributed by atoms with Gasteiger partial charge in [0.2, 0.25) is 10.0 Å². The summed E-state index contributed by atoms with van der Waals surface area (Å²) in [5, 5.41) is 1.59. The second kappa shape index (κ2) is 11.4. The van der Waals surface area contributed by atoms with Gasteiger partial charge in [0, 0.05) is 43.6 Å². The largest absolute Gasteiger partial charge is 0.382 e. The molecule has 1 fully saturated rings. The molecule has 0 spiro atoms. The lowest BCUT2D eigenvalue weighted by atomic mass is 10.0. The molecule has 0 saturated carbocycles. The van der Waals surface area contributed by atoms with E-state index in [1.54, 1.807) is 28.2 Å². The van der Waals surface area contributed by atoms with Gasteiger partial charge in [0.15, 0.2) is 5.16 Å². The topological polar surface area (TPSA) is 64.4 Å². The third kappa shape index (κ3) is 5.79. The van der Waals surface area contributed by atoms with Crippen molar-refractivity contribution in [1.29, 1.82) is 0 Å².